The van der Waals surface area contributed by atoms with Crippen molar-refractivity contribution in [3.63, 3.8) is 0 Å². The molecule has 0 aliphatic carbocycles. The van der Waals surface area contributed by atoms with Crippen LogP contribution in [0, 0.1) is 18.8 Å². The lowest BCUT2D eigenvalue weighted by Crippen LogP contribution is -2.35. The number of rotatable bonds is 6. The number of hydrogen-bond acceptors (Lipinski definition) is 4. The molecule has 0 radical (unpaired) electrons. The second kappa shape index (κ2) is 8.03. The Bertz CT molecular complexity index is 747. The summed E-state index contributed by atoms with van der Waals surface area (Å²) in [6.07, 6.45) is -1.40. The van der Waals surface area contributed by atoms with Crippen LogP contribution in [-0.4, -0.2) is 16.2 Å². The lowest BCUT2D eigenvalue weighted by atomic mass is 9.97. The predicted octanol–water partition coefficient (Wildman–Crippen LogP) is 4.82. The van der Waals surface area contributed by atoms with Crippen LogP contribution in [0.25, 0.3) is 11.3 Å². The van der Waals surface area contributed by atoms with E-state index >= 15 is 0 Å². The molecule has 0 spiro atoms. The molecule has 0 aliphatic rings. The molecule has 0 aromatic carbocycles. The summed E-state index contributed by atoms with van der Waals surface area (Å²) < 4.78 is 44.3. The molecule has 7 heteroatoms. The molecule has 0 saturated heterocycles. The molecule has 2 atom stereocenters. The topological polar surface area (TPSA) is 61.0 Å². The maximum atomic E-state index is 12.8. The summed E-state index contributed by atoms with van der Waals surface area (Å²) in [6.45, 7) is 8.08. The molecule has 4 nitrogen and oxygen atoms in total. The Kier molecular flexibility index (Phi) is 6.23. The van der Waals surface area contributed by atoms with Gasteiger partial charge in [0.1, 0.15) is 17.7 Å². The van der Waals surface area contributed by atoms with E-state index < -0.39 is 18.1 Å². The van der Waals surface area contributed by atoms with Crippen molar-refractivity contribution in [1.29, 1.82) is 0 Å². The molecule has 0 aliphatic heterocycles. The number of hydrogen-bond donors (Lipinski definition) is 1. The van der Waals surface area contributed by atoms with Gasteiger partial charge in [0.15, 0.2) is 0 Å². The van der Waals surface area contributed by atoms with Gasteiger partial charge in [-0.05, 0) is 43.0 Å². The number of aromatic nitrogens is 2. The number of ether oxygens (including phenoxy) is 1. The number of nitrogens with two attached hydrogens (primary N) is 1. The maximum Gasteiger partial charge on any atom is 0.433 e. The van der Waals surface area contributed by atoms with E-state index in [2.05, 4.69) is 23.8 Å². The Morgan fingerprint density at radius 3 is 2.42 bits per heavy atom. The third kappa shape index (κ3) is 5.17. The molecular weight excluding hydrogens is 343 g/mol. The third-order valence-electron chi connectivity index (χ3n) is 4.08. The Morgan fingerprint density at radius 1 is 1.15 bits per heavy atom. The largest absolute Gasteiger partial charge is 0.473 e. The average molecular weight is 367 g/mol. The van der Waals surface area contributed by atoms with E-state index in [-0.39, 0.29) is 5.92 Å². The van der Waals surface area contributed by atoms with Gasteiger partial charge in [0.2, 0.25) is 0 Å². The van der Waals surface area contributed by atoms with E-state index in [1.54, 1.807) is 6.07 Å². The normalized spacial score (nSPS) is 14.3. The van der Waals surface area contributed by atoms with E-state index in [4.69, 9.17) is 10.5 Å². The zero-order valence-electron chi connectivity index (χ0n) is 15.3. The molecule has 142 valence electrons. The second-order valence-corrected chi connectivity index (χ2v) is 6.95. The summed E-state index contributed by atoms with van der Waals surface area (Å²) in [6, 6.07) is 4.16. The molecule has 2 rings (SSSR count). The van der Waals surface area contributed by atoms with Crippen LogP contribution in [0.3, 0.4) is 0 Å². The first kappa shape index (κ1) is 20.2. The first-order chi connectivity index (χ1) is 12.1. The standard InChI is InChI=1S/C19H24F3N3O/c1-11(2)7-13(4)18(23)26-16-10-25-15(8-12(16)3)14-5-6-24-17(9-14)19(20,21)22/h5-6,8-11,13,18H,7,23H2,1-4H3. The Balaban J connectivity index is 2.20. The fourth-order valence-electron chi connectivity index (χ4n) is 2.71. The van der Waals surface area contributed by atoms with Crippen molar-refractivity contribution in [3.8, 4) is 17.0 Å². The number of aryl methyl sites for hydroxylation is 1. The Labute approximate surface area is 151 Å². The molecule has 0 fully saturated rings. The van der Waals surface area contributed by atoms with Gasteiger partial charge in [0.05, 0.1) is 11.9 Å². The molecule has 2 aromatic heterocycles. The number of nitrogens with zero attached hydrogens (tertiary/aromatic N) is 2. The molecule has 0 saturated carbocycles. The van der Waals surface area contributed by atoms with Crippen LogP contribution in [-0.2, 0) is 6.18 Å². The van der Waals surface area contributed by atoms with Gasteiger partial charge in [-0.1, -0.05) is 20.8 Å². The molecule has 2 heterocycles. The lowest BCUT2D eigenvalue weighted by molar-refractivity contribution is -0.141. The summed E-state index contributed by atoms with van der Waals surface area (Å²) in [5, 5.41) is 0. The highest BCUT2D eigenvalue weighted by Gasteiger charge is 2.32. The third-order valence-corrected chi connectivity index (χ3v) is 4.08. The van der Waals surface area contributed by atoms with E-state index in [1.807, 2.05) is 13.8 Å². The monoisotopic (exact) mass is 367 g/mol. The van der Waals surface area contributed by atoms with Gasteiger partial charge in [-0.2, -0.15) is 13.2 Å². The van der Waals surface area contributed by atoms with Crippen molar-refractivity contribution in [2.75, 3.05) is 0 Å². The van der Waals surface area contributed by atoms with Gasteiger partial charge in [0, 0.05) is 17.7 Å². The van der Waals surface area contributed by atoms with Crippen molar-refractivity contribution in [2.24, 2.45) is 17.6 Å². The van der Waals surface area contributed by atoms with Crippen molar-refractivity contribution in [3.05, 3.63) is 41.9 Å². The Morgan fingerprint density at radius 2 is 1.85 bits per heavy atom. The van der Waals surface area contributed by atoms with Crippen LogP contribution < -0.4 is 10.5 Å². The SMILES string of the molecule is Cc1cc(-c2ccnc(C(F)(F)F)c2)ncc1OC(N)C(C)CC(C)C. The summed E-state index contributed by atoms with van der Waals surface area (Å²) in [5.74, 6) is 1.21. The van der Waals surface area contributed by atoms with Gasteiger partial charge in [0.25, 0.3) is 0 Å². The maximum absolute atomic E-state index is 12.8. The molecule has 26 heavy (non-hydrogen) atoms. The highest BCUT2D eigenvalue weighted by molar-refractivity contribution is 5.61. The minimum Gasteiger partial charge on any atom is -0.473 e. The minimum absolute atomic E-state index is 0.170. The van der Waals surface area contributed by atoms with Crippen molar-refractivity contribution in [1.82, 2.24) is 9.97 Å². The first-order valence-electron chi connectivity index (χ1n) is 8.50. The summed E-state index contributed by atoms with van der Waals surface area (Å²) >= 11 is 0. The zero-order valence-corrected chi connectivity index (χ0v) is 15.3. The van der Waals surface area contributed by atoms with Crippen LogP contribution in [0.2, 0.25) is 0 Å². The number of alkyl halides is 3. The van der Waals surface area contributed by atoms with Crippen LogP contribution in [0.1, 0.15) is 38.4 Å². The number of pyridine rings is 2. The van der Waals surface area contributed by atoms with Gasteiger partial charge >= 0.3 is 6.18 Å². The van der Waals surface area contributed by atoms with E-state index in [1.165, 1.54) is 12.3 Å². The van der Waals surface area contributed by atoms with Crippen LogP contribution >= 0.6 is 0 Å². The fraction of sp³-hybridized carbons (Fsp3) is 0.474. The van der Waals surface area contributed by atoms with Crippen molar-refractivity contribution >= 4 is 0 Å². The average Bonchev–Trinajstić information content (AvgIpc) is 2.55. The second-order valence-electron chi connectivity index (χ2n) is 6.95. The molecule has 2 N–H and O–H groups in total. The van der Waals surface area contributed by atoms with Crippen LogP contribution in [0.5, 0.6) is 5.75 Å². The smallest absolute Gasteiger partial charge is 0.433 e. The minimum atomic E-state index is -4.49. The number of halogens is 3. The summed E-state index contributed by atoms with van der Waals surface area (Å²) in [4.78, 5) is 7.60. The molecule has 0 amide bonds. The zero-order chi connectivity index (χ0) is 19.5. The van der Waals surface area contributed by atoms with Crippen molar-refractivity contribution in [2.45, 2.75) is 46.5 Å². The van der Waals surface area contributed by atoms with E-state index in [0.717, 1.165) is 24.2 Å². The van der Waals surface area contributed by atoms with E-state index in [0.29, 0.717) is 22.9 Å². The first-order valence-corrected chi connectivity index (χ1v) is 8.50. The van der Waals surface area contributed by atoms with Gasteiger partial charge in [-0.3, -0.25) is 15.7 Å². The molecule has 2 unspecified atom stereocenters. The predicted molar refractivity (Wildman–Crippen MR) is 94.4 cm³/mol. The fourth-order valence-corrected chi connectivity index (χ4v) is 2.71. The Hall–Kier alpha value is -2.15. The van der Waals surface area contributed by atoms with Crippen LogP contribution in [0.15, 0.2) is 30.6 Å². The summed E-state index contributed by atoms with van der Waals surface area (Å²) in [5.41, 5.74) is 6.68. The molecule has 0 bridgehead atoms. The lowest BCUT2D eigenvalue weighted by Gasteiger charge is -2.23. The highest BCUT2D eigenvalue weighted by Crippen LogP contribution is 2.31. The van der Waals surface area contributed by atoms with Gasteiger partial charge in [-0.15, -0.1) is 0 Å². The molecular formula is C19H24F3N3O. The summed E-state index contributed by atoms with van der Waals surface area (Å²) in [7, 11) is 0. The van der Waals surface area contributed by atoms with Crippen molar-refractivity contribution < 1.29 is 17.9 Å². The van der Waals surface area contributed by atoms with Crippen LogP contribution in [0.4, 0.5) is 13.2 Å². The van der Waals surface area contributed by atoms with Gasteiger partial charge < -0.3 is 4.74 Å². The molecule has 2 aromatic rings. The van der Waals surface area contributed by atoms with Gasteiger partial charge in [-0.25, -0.2) is 0 Å². The highest BCUT2D eigenvalue weighted by atomic mass is 19.4. The van der Waals surface area contributed by atoms with E-state index in [9.17, 15) is 13.2 Å². The quantitative estimate of drug-likeness (QED) is 0.744.